The van der Waals surface area contributed by atoms with Gasteiger partial charge in [0, 0.05) is 11.9 Å². The first-order valence-electron chi connectivity index (χ1n) is 5.84. The van der Waals surface area contributed by atoms with Gasteiger partial charge in [0.05, 0.1) is 0 Å². The second kappa shape index (κ2) is 8.72. The summed E-state index contributed by atoms with van der Waals surface area (Å²) < 4.78 is 0. The molecule has 14 heavy (non-hydrogen) atoms. The van der Waals surface area contributed by atoms with Gasteiger partial charge in [0.25, 0.3) is 0 Å². The van der Waals surface area contributed by atoms with Crippen molar-refractivity contribution in [1.29, 1.82) is 0 Å². The highest BCUT2D eigenvalue weighted by Crippen LogP contribution is 2.11. The zero-order valence-corrected chi connectivity index (χ0v) is 11.8. The summed E-state index contributed by atoms with van der Waals surface area (Å²) in [6.07, 6.45) is 3.96. The van der Waals surface area contributed by atoms with Crippen LogP contribution in [-0.2, 0) is 0 Å². The number of halogens is 1. The summed E-state index contributed by atoms with van der Waals surface area (Å²) in [4.78, 5) is 2.47. The number of alkyl halides is 1. The van der Waals surface area contributed by atoms with Gasteiger partial charge in [0.15, 0.2) is 0 Å². The first kappa shape index (κ1) is 14.4. The molecule has 0 aromatic rings. The van der Waals surface area contributed by atoms with Gasteiger partial charge >= 0.3 is 0 Å². The smallest absolute Gasteiger partial charge is 0.00718 e. The van der Waals surface area contributed by atoms with Crippen molar-refractivity contribution in [2.75, 3.05) is 25.5 Å². The molecule has 0 fully saturated rings. The van der Waals surface area contributed by atoms with E-state index in [1.54, 1.807) is 0 Å². The molecule has 0 saturated carbocycles. The molecule has 0 aromatic carbocycles. The van der Waals surface area contributed by atoms with Crippen LogP contribution in [0.5, 0.6) is 0 Å². The molecule has 0 aliphatic carbocycles. The molecule has 0 heterocycles. The summed E-state index contributed by atoms with van der Waals surface area (Å²) in [5.74, 6) is 1.66. The quantitative estimate of drug-likeness (QED) is 0.603. The van der Waals surface area contributed by atoms with Crippen LogP contribution in [0.25, 0.3) is 0 Å². The largest absolute Gasteiger partial charge is 0.306 e. The van der Waals surface area contributed by atoms with Gasteiger partial charge < -0.3 is 4.90 Å². The Morgan fingerprint density at radius 3 is 2.29 bits per heavy atom. The Labute approximate surface area is 98.4 Å². The van der Waals surface area contributed by atoms with Crippen LogP contribution in [0.3, 0.4) is 0 Å². The molecule has 1 unspecified atom stereocenters. The minimum absolute atomic E-state index is 0.825. The Bertz CT molecular complexity index is 125. The van der Waals surface area contributed by atoms with Crippen LogP contribution in [0.2, 0.25) is 0 Å². The summed E-state index contributed by atoms with van der Waals surface area (Å²) in [6, 6.07) is 0. The number of rotatable bonds is 8. The molecule has 1 nitrogen and oxygen atoms in total. The maximum Gasteiger partial charge on any atom is 0.00718 e. The van der Waals surface area contributed by atoms with Crippen molar-refractivity contribution in [3.05, 3.63) is 0 Å². The molecule has 0 bridgehead atoms. The monoisotopic (exact) mass is 263 g/mol. The molecule has 0 aliphatic heterocycles. The minimum Gasteiger partial charge on any atom is -0.306 e. The van der Waals surface area contributed by atoms with E-state index in [0.29, 0.717) is 0 Å². The lowest BCUT2D eigenvalue weighted by Gasteiger charge is -2.23. The van der Waals surface area contributed by atoms with Gasteiger partial charge in [0.2, 0.25) is 0 Å². The van der Waals surface area contributed by atoms with Crippen molar-refractivity contribution in [1.82, 2.24) is 4.90 Å². The third-order valence-corrected chi connectivity index (χ3v) is 3.49. The predicted octanol–water partition coefficient (Wildman–Crippen LogP) is 3.78. The maximum absolute atomic E-state index is 3.60. The Balaban J connectivity index is 3.61. The van der Waals surface area contributed by atoms with Gasteiger partial charge in [-0.05, 0) is 38.3 Å². The molecule has 1 atom stereocenters. The van der Waals surface area contributed by atoms with Gasteiger partial charge in [-0.3, -0.25) is 0 Å². The fraction of sp³-hybridized carbons (Fsp3) is 1.00. The van der Waals surface area contributed by atoms with Gasteiger partial charge in [-0.15, -0.1) is 0 Å². The lowest BCUT2D eigenvalue weighted by atomic mass is 10.1. The van der Waals surface area contributed by atoms with Crippen LogP contribution in [0, 0.1) is 11.8 Å². The summed E-state index contributed by atoms with van der Waals surface area (Å²) >= 11 is 3.60. The summed E-state index contributed by atoms with van der Waals surface area (Å²) in [7, 11) is 2.24. The molecule has 0 saturated heterocycles. The van der Waals surface area contributed by atoms with E-state index in [0.717, 1.165) is 17.2 Å². The third-order valence-electron chi connectivity index (χ3n) is 2.57. The van der Waals surface area contributed by atoms with E-state index in [-0.39, 0.29) is 0 Å². The molecule has 0 spiro atoms. The average Bonchev–Trinajstić information content (AvgIpc) is 2.14. The molecular formula is C12H26BrN. The van der Waals surface area contributed by atoms with E-state index in [1.807, 2.05) is 0 Å². The second-order valence-electron chi connectivity index (χ2n) is 4.75. The van der Waals surface area contributed by atoms with Crippen LogP contribution in [-0.4, -0.2) is 30.4 Å². The number of hydrogen-bond acceptors (Lipinski definition) is 1. The summed E-state index contributed by atoms with van der Waals surface area (Å²) in [5, 5.41) is 1.15. The Morgan fingerprint density at radius 2 is 1.86 bits per heavy atom. The van der Waals surface area contributed by atoms with Crippen molar-refractivity contribution in [3.63, 3.8) is 0 Å². The van der Waals surface area contributed by atoms with Crippen molar-refractivity contribution in [3.8, 4) is 0 Å². The standard InChI is InChI=1S/C12H26BrN/c1-5-6-12(9-13)10-14(4)8-7-11(2)3/h11-12H,5-10H2,1-4H3. The molecule has 0 amide bonds. The van der Waals surface area contributed by atoms with Crippen LogP contribution in [0.4, 0.5) is 0 Å². The van der Waals surface area contributed by atoms with Crippen LogP contribution >= 0.6 is 15.9 Å². The maximum atomic E-state index is 3.60. The summed E-state index contributed by atoms with van der Waals surface area (Å²) in [5.41, 5.74) is 0. The molecule has 86 valence electrons. The normalized spacial score (nSPS) is 13.9. The summed E-state index contributed by atoms with van der Waals surface area (Å²) in [6.45, 7) is 9.34. The molecule has 0 aromatic heterocycles. The number of hydrogen-bond donors (Lipinski definition) is 0. The van der Waals surface area contributed by atoms with Crippen molar-refractivity contribution < 1.29 is 0 Å². The Hall–Kier alpha value is 0.440. The highest BCUT2D eigenvalue weighted by Gasteiger charge is 2.09. The third kappa shape index (κ3) is 7.81. The predicted molar refractivity (Wildman–Crippen MR) is 69.1 cm³/mol. The Kier molecular flexibility index (Phi) is 9.00. The highest BCUT2D eigenvalue weighted by molar-refractivity contribution is 9.09. The molecule has 0 rings (SSSR count). The molecule has 2 heteroatoms. The van der Waals surface area contributed by atoms with Crippen molar-refractivity contribution in [2.45, 2.75) is 40.0 Å². The first-order chi connectivity index (χ1) is 6.60. The van der Waals surface area contributed by atoms with E-state index in [1.165, 1.54) is 32.4 Å². The first-order valence-corrected chi connectivity index (χ1v) is 6.96. The van der Waals surface area contributed by atoms with Crippen LogP contribution < -0.4 is 0 Å². The van der Waals surface area contributed by atoms with Gasteiger partial charge in [0.1, 0.15) is 0 Å². The average molecular weight is 264 g/mol. The number of nitrogens with zero attached hydrogens (tertiary/aromatic N) is 1. The zero-order valence-electron chi connectivity index (χ0n) is 10.2. The van der Waals surface area contributed by atoms with Gasteiger partial charge in [-0.25, -0.2) is 0 Å². The van der Waals surface area contributed by atoms with Crippen LogP contribution in [0.15, 0.2) is 0 Å². The fourth-order valence-electron chi connectivity index (χ4n) is 1.64. The van der Waals surface area contributed by atoms with E-state index >= 15 is 0 Å². The van der Waals surface area contributed by atoms with Crippen molar-refractivity contribution >= 4 is 15.9 Å². The zero-order chi connectivity index (χ0) is 11.0. The van der Waals surface area contributed by atoms with E-state index in [4.69, 9.17) is 0 Å². The fourth-order valence-corrected chi connectivity index (χ4v) is 2.16. The Morgan fingerprint density at radius 1 is 1.21 bits per heavy atom. The lowest BCUT2D eigenvalue weighted by molar-refractivity contribution is 0.266. The van der Waals surface area contributed by atoms with E-state index in [9.17, 15) is 0 Å². The second-order valence-corrected chi connectivity index (χ2v) is 5.40. The van der Waals surface area contributed by atoms with Gasteiger partial charge in [-0.1, -0.05) is 43.1 Å². The van der Waals surface area contributed by atoms with E-state index in [2.05, 4.69) is 48.6 Å². The SMILES string of the molecule is CCCC(CBr)CN(C)CCC(C)C. The molecular weight excluding hydrogens is 238 g/mol. The van der Waals surface area contributed by atoms with Gasteiger partial charge in [-0.2, -0.15) is 0 Å². The highest BCUT2D eigenvalue weighted by atomic mass is 79.9. The topological polar surface area (TPSA) is 3.24 Å². The van der Waals surface area contributed by atoms with Crippen molar-refractivity contribution in [2.24, 2.45) is 11.8 Å². The molecule has 0 aliphatic rings. The molecule has 0 radical (unpaired) electrons. The van der Waals surface area contributed by atoms with E-state index < -0.39 is 0 Å². The molecule has 0 N–H and O–H groups in total. The lowest BCUT2D eigenvalue weighted by Crippen LogP contribution is -2.28. The van der Waals surface area contributed by atoms with Crippen LogP contribution in [0.1, 0.15) is 40.0 Å². The minimum atomic E-state index is 0.825.